The van der Waals surface area contributed by atoms with Gasteiger partial charge in [0.2, 0.25) is 23.1 Å². The zero-order chi connectivity index (χ0) is 53.2. The summed E-state index contributed by atoms with van der Waals surface area (Å²) in [6.45, 7) is 2.05. The van der Waals surface area contributed by atoms with Gasteiger partial charge in [0.15, 0.2) is 28.7 Å². The summed E-state index contributed by atoms with van der Waals surface area (Å²) in [4.78, 5) is 31.5. The third-order valence-corrected chi connectivity index (χ3v) is 19.2. The molecule has 74 heavy (non-hydrogen) atoms. The van der Waals surface area contributed by atoms with Crippen LogP contribution in [0.3, 0.4) is 0 Å². The largest absolute Gasteiger partial charge is 0.534 e. The van der Waals surface area contributed by atoms with Crippen molar-refractivity contribution in [2.75, 3.05) is 38.9 Å². The Morgan fingerprint density at radius 3 is 1.49 bits per heavy atom. The first kappa shape index (κ1) is 52.1. The lowest BCUT2D eigenvalue weighted by Crippen LogP contribution is -2.48. The number of unbranched alkanes of at least 4 members (excludes halogenated alkanes) is 1. The molecule has 6 aromatic carbocycles. The molecular formula is C49H36F10N2O10PS2+. The second kappa shape index (κ2) is 19.2. The van der Waals surface area contributed by atoms with Gasteiger partial charge < -0.3 is 22.7 Å². The smallest absolute Gasteiger partial charge is 0.450 e. The summed E-state index contributed by atoms with van der Waals surface area (Å²) < 4.78 is 209. The van der Waals surface area contributed by atoms with E-state index in [2.05, 4.69) is 49.7 Å². The summed E-state index contributed by atoms with van der Waals surface area (Å²) in [6, 6.07) is 34.3. The Bertz CT molecular complexity index is 3220. The van der Waals surface area contributed by atoms with Crippen LogP contribution < -0.4 is 29.0 Å². The highest BCUT2D eigenvalue weighted by Crippen LogP contribution is 2.60. The average molecular weight is 1100 g/mol. The minimum atomic E-state index is -6.86. The normalized spacial score (nSPS) is 15.7. The molecule has 0 saturated carbocycles. The monoisotopic (exact) mass is 1100 g/mol. The molecule has 0 N–H and O–H groups in total. The third kappa shape index (κ3) is 8.97. The number of hydrogen-bond acceptors (Lipinski definition) is 11. The number of nitrogens with zero attached hydrogens (tertiary/aromatic N) is 2. The van der Waals surface area contributed by atoms with Crippen LogP contribution in [0.4, 0.5) is 43.9 Å². The molecule has 0 radical (unpaired) electrons. The van der Waals surface area contributed by atoms with E-state index >= 15 is 17.6 Å². The van der Waals surface area contributed by atoms with Gasteiger partial charge in [-0.25, -0.2) is 13.6 Å². The molecule has 1 saturated heterocycles. The molecule has 6 aromatic rings. The maximum Gasteiger partial charge on any atom is 0.534 e. The number of hydrogen-bond donors (Lipinski definition) is 0. The molecule has 3 aliphatic rings. The van der Waals surface area contributed by atoms with Crippen LogP contribution in [0, 0.1) is 23.3 Å². The van der Waals surface area contributed by atoms with Gasteiger partial charge in [-0.3, -0.25) is 9.69 Å². The third-order valence-electron chi connectivity index (χ3n) is 12.8. The minimum absolute atomic E-state index is 0.0334. The topological polar surface area (TPSA) is 146 Å². The van der Waals surface area contributed by atoms with Crippen LogP contribution in [0.25, 0.3) is 0 Å². The van der Waals surface area contributed by atoms with Crippen LogP contribution in [0.5, 0.6) is 23.0 Å². The number of carbonyl (C=O) groups excluding carboxylic acids is 2. The summed E-state index contributed by atoms with van der Waals surface area (Å²) in [7, 11) is -15.8. The molecule has 0 aliphatic carbocycles. The van der Waals surface area contributed by atoms with Crippen molar-refractivity contribution in [1.29, 1.82) is 0 Å². The Morgan fingerprint density at radius 1 is 0.608 bits per heavy atom. The number of fused-ring (bicyclic) bond motifs is 6. The minimum Gasteiger partial charge on any atom is -0.450 e. The molecule has 0 bridgehead atoms. The van der Waals surface area contributed by atoms with Crippen molar-refractivity contribution in [2.24, 2.45) is 0 Å². The quantitative estimate of drug-likeness (QED) is 0.0273. The van der Waals surface area contributed by atoms with Gasteiger partial charge in [-0.15, -0.1) is 0 Å². The Labute approximate surface area is 415 Å². The summed E-state index contributed by atoms with van der Waals surface area (Å²) >= 11 is 0. The first-order valence-corrected chi connectivity index (χ1v) is 26.9. The number of halogens is 10. The standard InChI is InChI=1S/C49H36F10N2O10PS2/c50-37-27-35-41(39(52)43(37)70-73(64,65)48(54,55)56)68-42-36(28-38(51)44(40(42)53)71-74(66,67)49(57,58)59)47(35)34-19-18-29(26-33(34)46(63)69-47)45(62)61-23-21-60(22-24-61)20-10-11-25-72(30-12-4-1-5-13-30,31-14-6-2-7-15-31)32-16-8-3-9-17-32/h1-9,12-19,26-28H,10-11,20-25H2/q+1. The van der Waals surface area contributed by atoms with Crippen molar-refractivity contribution in [3.8, 4) is 23.0 Å². The highest BCUT2D eigenvalue weighted by Gasteiger charge is 2.58. The van der Waals surface area contributed by atoms with Gasteiger partial charge in [-0.2, -0.15) is 52.0 Å². The molecule has 0 aromatic heterocycles. The van der Waals surface area contributed by atoms with Crippen molar-refractivity contribution in [3.05, 3.63) is 172 Å². The van der Waals surface area contributed by atoms with Gasteiger partial charge in [0.1, 0.15) is 23.2 Å². The fourth-order valence-corrected chi connectivity index (χ4v) is 14.7. The number of amides is 1. The fourth-order valence-electron chi connectivity index (χ4n) is 9.33. The fraction of sp³-hybridized carbons (Fsp3) is 0.224. The molecule has 388 valence electrons. The number of rotatable bonds is 13. The molecular weight excluding hydrogens is 1060 g/mol. The van der Waals surface area contributed by atoms with E-state index in [1.165, 1.54) is 20.8 Å². The SMILES string of the molecule is O=C1OC2(c3ccc(C(=O)N4CCN(CCCC[P+](c5ccccc5)(c5ccccc5)c5ccccc5)CC4)cc31)c1cc(F)c(OS(=O)(=O)C(F)(F)F)c(F)c1Oc1c2cc(F)c(OS(=O)(=O)C(F)(F)F)c1F. The first-order valence-electron chi connectivity index (χ1n) is 22.1. The molecule has 1 amide bonds. The van der Waals surface area contributed by atoms with Gasteiger partial charge in [-0.1, -0.05) is 60.7 Å². The van der Waals surface area contributed by atoms with Gasteiger partial charge in [-0.05, 0) is 80.1 Å². The second-order valence-corrected chi connectivity index (χ2v) is 23.7. The number of esters is 1. The van der Waals surface area contributed by atoms with E-state index < -0.39 is 125 Å². The van der Waals surface area contributed by atoms with Crippen LogP contribution in [0.15, 0.2) is 121 Å². The van der Waals surface area contributed by atoms with Crippen LogP contribution in [0.1, 0.15) is 50.2 Å². The number of piperazine rings is 1. The number of alkyl halides is 6. The van der Waals surface area contributed by atoms with Crippen LogP contribution >= 0.6 is 7.26 Å². The Balaban J connectivity index is 0.984. The molecule has 3 heterocycles. The molecule has 9 rings (SSSR count). The molecule has 3 aliphatic heterocycles. The molecule has 1 spiro atoms. The van der Waals surface area contributed by atoms with E-state index in [1.807, 2.05) is 54.6 Å². The highest BCUT2D eigenvalue weighted by atomic mass is 32.2. The summed E-state index contributed by atoms with van der Waals surface area (Å²) in [5, 5.41) is 3.77. The zero-order valence-electron chi connectivity index (χ0n) is 37.7. The maximum atomic E-state index is 16.2. The van der Waals surface area contributed by atoms with Gasteiger partial charge >= 0.3 is 37.2 Å². The lowest BCUT2D eigenvalue weighted by atomic mass is 9.77. The Kier molecular flexibility index (Phi) is 13.5. The van der Waals surface area contributed by atoms with E-state index in [4.69, 9.17) is 9.47 Å². The highest BCUT2D eigenvalue weighted by molar-refractivity contribution is 7.95. The molecule has 1 fully saturated rings. The zero-order valence-corrected chi connectivity index (χ0v) is 40.3. The Morgan fingerprint density at radius 2 is 1.05 bits per heavy atom. The summed E-state index contributed by atoms with van der Waals surface area (Å²) in [5.41, 5.74) is -19.3. The lowest BCUT2D eigenvalue weighted by molar-refractivity contribution is -0.0506. The number of benzene rings is 6. The van der Waals surface area contributed by atoms with Gasteiger partial charge in [0.25, 0.3) is 5.91 Å². The van der Waals surface area contributed by atoms with Crippen molar-refractivity contribution < 1.29 is 88.2 Å². The molecule has 25 heteroatoms. The maximum absolute atomic E-state index is 16.2. The lowest BCUT2D eigenvalue weighted by Gasteiger charge is -2.37. The predicted molar refractivity (Wildman–Crippen MR) is 247 cm³/mol. The molecule has 0 atom stereocenters. The summed E-state index contributed by atoms with van der Waals surface area (Å²) in [5.74, 6) is -19.6. The average Bonchev–Trinajstić information content (AvgIpc) is 3.66. The van der Waals surface area contributed by atoms with Crippen molar-refractivity contribution in [2.45, 2.75) is 29.5 Å². The van der Waals surface area contributed by atoms with E-state index in [9.17, 15) is 52.8 Å². The van der Waals surface area contributed by atoms with Crippen molar-refractivity contribution >= 4 is 55.3 Å². The number of carbonyl (C=O) groups is 2. The summed E-state index contributed by atoms with van der Waals surface area (Å²) in [6.07, 6.45) is 2.60. The Hall–Kier alpha value is -6.75. The number of ether oxygens (including phenoxy) is 2. The van der Waals surface area contributed by atoms with E-state index in [0.717, 1.165) is 37.2 Å². The second-order valence-electron chi connectivity index (χ2n) is 17.0. The molecule has 12 nitrogen and oxygen atoms in total. The van der Waals surface area contributed by atoms with Gasteiger partial charge in [0, 0.05) is 37.3 Å². The van der Waals surface area contributed by atoms with Crippen molar-refractivity contribution in [1.82, 2.24) is 9.80 Å². The van der Waals surface area contributed by atoms with Crippen LogP contribution in [0.2, 0.25) is 0 Å². The van der Waals surface area contributed by atoms with Gasteiger partial charge in [0.05, 0.1) is 22.9 Å². The van der Waals surface area contributed by atoms with Crippen LogP contribution in [-0.4, -0.2) is 88.4 Å². The van der Waals surface area contributed by atoms with E-state index in [0.29, 0.717) is 19.6 Å². The van der Waals surface area contributed by atoms with E-state index in [-0.39, 0.29) is 30.8 Å². The van der Waals surface area contributed by atoms with Crippen LogP contribution in [-0.2, 0) is 30.6 Å². The van der Waals surface area contributed by atoms with Crippen molar-refractivity contribution in [3.63, 3.8) is 0 Å². The predicted octanol–water partition coefficient (Wildman–Crippen LogP) is 8.80. The molecule has 0 unspecified atom stereocenters. The first-order chi connectivity index (χ1) is 34.9. The van der Waals surface area contributed by atoms with E-state index in [1.54, 1.807) is 0 Å².